The van der Waals surface area contributed by atoms with Gasteiger partial charge in [-0.3, -0.25) is 4.79 Å². The molecule has 2 aromatic carbocycles. The van der Waals surface area contributed by atoms with Crippen LogP contribution in [0.25, 0.3) is 0 Å². The summed E-state index contributed by atoms with van der Waals surface area (Å²) in [6.45, 7) is 4.49. The van der Waals surface area contributed by atoms with Crippen molar-refractivity contribution in [1.29, 1.82) is 0 Å². The van der Waals surface area contributed by atoms with Crippen molar-refractivity contribution in [2.75, 3.05) is 25.2 Å². The molecule has 2 rings (SSSR count). The van der Waals surface area contributed by atoms with Gasteiger partial charge in [-0.25, -0.2) is 8.42 Å². The summed E-state index contributed by atoms with van der Waals surface area (Å²) in [5, 5.41) is 27.0. The highest BCUT2D eigenvalue weighted by atomic mass is 32.2. The Kier molecular flexibility index (Phi) is 11.7. The average molecular weight is 507 g/mol. The summed E-state index contributed by atoms with van der Waals surface area (Å²) in [4.78, 5) is 12.7. The molecule has 0 fully saturated rings. The summed E-state index contributed by atoms with van der Waals surface area (Å²) in [5.74, 6) is -0.611. The quantitative estimate of drug-likeness (QED) is 0.290. The van der Waals surface area contributed by atoms with Crippen molar-refractivity contribution >= 4 is 15.7 Å². The Hall–Kier alpha value is -2.46. The molecule has 1 amide bonds. The number of amides is 1. The van der Waals surface area contributed by atoms with Gasteiger partial charge in [0.05, 0.1) is 30.8 Å². The molecule has 0 aliphatic heterocycles. The Morgan fingerprint density at radius 2 is 1.71 bits per heavy atom. The number of hydrogen-bond donors (Lipinski definition) is 4. The molecule has 4 N–H and O–H groups in total. The number of carbonyl (C=O) groups is 1. The van der Waals surface area contributed by atoms with E-state index in [1.54, 1.807) is 7.11 Å². The van der Waals surface area contributed by atoms with Crippen LogP contribution in [0.5, 0.6) is 5.75 Å². The van der Waals surface area contributed by atoms with Crippen LogP contribution in [0.15, 0.2) is 54.6 Å². The fraction of sp³-hybridized carbons (Fsp3) is 0.500. The summed E-state index contributed by atoms with van der Waals surface area (Å²) in [7, 11) is -1.99. The maximum absolute atomic E-state index is 12.7. The zero-order chi connectivity index (χ0) is 25.8. The number of aliphatic hydroxyl groups is 2. The van der Waals surface area contributed by atoms with Gasteiger partial charge in [0.15, 0.2) is 9.84 Å². The highest BCUT2D eigenvalue weighted by Gasteiger charge is 2.28. The van der Waals surface area contributed by atoms with E-state index in [2.05, 4.69) is 10.6 Å². The zero-order valence-corrected chi connectivity index (χ0v) is 21.5. The van der Waals surface area contributed by atoms with Crippen LogP contribution in [0.1, 0.15) is 31.4 Å². The minimum atomic E-state index is -3.58. The predicted molar refractivity (Wildman–Crippen MR) is 137 cm³/mol. The molecule has 0 saturated carbocycles. The van der Waals surface area contributed by atoms with Gasteiger partial charge in [0, 0.05) is 13.1 Å². The van der Waals surface area contributed by atoms with Gasteiger partial charge in [0.1, 0.15) is 11.9 Å². The number of carbonyl (C=O) groups excluding carboxylic acids is 1. The van der Waals surface area contributed by atoms with Gasteiger partial charge in [-0.2, -0.15) is 0 Å². The molecule has 8 nitrogen and oxygen atoms in total. The number of hydrogen-bond acceptors (Lipinski definition) is 7. The van der Waals surface area contributed by atoms with Crippen LogP contribution in [0.4, 0.5) is 0 Å². The van der Waals surface area contributed by atoms with Crippen LogP contribution < -0.4 is 15.4 Å². The number of sulfone groups is 1. The second-order valence-corrected chi connectivity index (χ2v) is 11.4. The Morgan fingerprint density at radius 3 is 2.37 bits per heavy atom. The number of methoxy groups -OCH3 is 1. The highest BCUT2D eigenvalue weighted by molar-refractivity contribution is 7.91. The average Bonchev–Trinajstić information content (AvgIpc) is 2.82. The summed E-state index contributed by atoms with van der Waals surface area (Å²) >= 11 is 0. The molecule has 0 radical (unpaired) electrons. The van der Waals surface area contributed by atoms with Crippen LogP contribution in [-0.2, 0) is 27.6 Å². The number of benzene rings is 2. The van der Waals surface area contributed by atoms with Crippen molar-refractivity contribution in [3.05, 3.63) is 65.7 Å². The fourth-order valence-corrected chi connectivity index (χ4v) is 5.16. The molecule has 0 heterocycles. The first-order chi connectivity index (χ1) is 16.6. The van der Waals surface area contributed by atoms with Crippen LogP contribution in [0.3, 0.4) is 0 Å². The maximum atomic E-state index is 12.7. The Balaban J connectivity index is 2.00. The summed E-state index contributed by atoms with van der Waals surface area (Å²) in [6, 6.07) is 16.2. The molecule has 3 atom stereocenters. The molecule has 35 heavy (non-hydrogen) atoms. The Labute approximate surface area is 208 Å². The van der Waals surface area contributed by atoms with Gasteiger partial charge in [-0.15, -0.1) is 0 Å². The molecule has 194 valence electrons. The van der Waals surface area contributed by atoms with Gasteiger partial charge in [-0.1, -0.05) is 56.3 Å². The van der Waals surface area contributed by atoms with E-state index in [1.165, 1.54) is 0 Å². The molecule has 0 saturated heterocycles. The first-order valence-electron chi connectivity index (χ1n) is 11.8. The second kappa shape index (κ2) is 14.2. The lowest BCUT2D eigenvalue weighted by Crippen LogP contribution is -2.52. The molecule has 1 unspecified atom stereocenters. The molecular formula is C26H38N2O6S. The van der Waals surface area contributed by atoms with E-state index in [0.717, 1.165) is 16.9 Å². The van der Waals surface area contributed by atoms with Gasteiger partial charge >= 0.3 is 0 Å². The topological polar surface area (TPSA) is 125 Å². The molecular weight excluding hydrogens is 468 g/mol. The normalized spacial score (nSPS) is 14.3. The maximum Gasteiger partial charge on any atom is 0.250 e. The molecule has 0 bridgehead atoms. The van der Waals surface area contributed by atoms with Crippen molar-refractivity contribution in [2.24, 2.45) is 5.92 Å². The van der Waals surface area contributed by atoms with Crippen LogP contribution in [0, 0.1) is 5.92 Å². The monoisotopic (exact) mass is 506 g/mol. The van der Waals surface area contributed by atoms with Crippen molar-refractivity contribution in [3.8, 4) is 5.75 Å². The van der Waals surface area contributed by atoms with Gasteiger partial charge in [-0.05, 0) is 42.0 Å². The van der Waals surface area contributed by atoms with Crippen molar-refractivity contribution in [2.45, 2.75) is 51.5 Å². The van der Waals surface area contributed by atoms with Gasteiger partial charge < -0.3 is 25.6 Å². The van der Waals surface area contributed by atoms with Gasteiger partial charge in [0.2, 0.25) is 5.91 Å². The molecule has 9 heteroatoms. The number of nitrogens with one attached hydrogen (secondary N) is 2. The largest absolute Gasteiger partial charge is 0.497 e. The fourth-order valence-electron chi connectivity index (χ4n) is 3.53. The van der Waals surface area contributed by atoms with E-state index in [1.807, 2.05) is 68.4 Å². The molecule has 0 aliphatic carbocycles. The summed E-state index contributed by atoms with van der Waals surface area (Å²) in [5.41, 5.74) is 1.87. The Morgan fingerprint density at radius 1 is 1.03 bits per heavy atom. The zero-order valence-electron chi connectivity index (χ0n) is 20.7. The standard InChI is InChI=1S/C26H38N2O6S/c1-19(2)12-13-35(32,33)18-25(30)26(31)28-23(15-20-8-5-4-6-9-20)24(29)17-27-16-21-10-7-11-22(14-21)34-3/h4-11,14,19,23-25,27,29-30H,12-13,15-18H2,1-3H3,(H,28,31)/t23-,24+,25?/m0/s1. The SMILES string of the molecule is COc1cccc(CNC[C@@H](O)[C@H](Cc2ccccc2)NC(=O)C(O)CS(=O)(=O)CCC(C)C)c1. The molecule has 0 aliphatic rings. The van der Waals surface area contributed by atoms with E-state index < -0.39 is 39.7 Å². The number of rotatable bonds is 15. The first-order valence-corrected chi connectivity index (χ1v) is 13.7. The lowest BCUT2D eigenvalue weighted by Gasteiger charge is -2.26. The van der Waals surface area contributed by atoms with Crippen molar-refractivity contribution < 1.29 is 28.2 Å². The van der Waals surface area contributed by atoms with E-state index in [4.69, 9.17) is 4.74 Å². The number of aliphatic hydroxyl groups excluding tert-OH is 2. The summed E-state index contributed by atoms with van der Waals surface area (Å²) < 4.78 is 29.8. The first kappa shape index (κ1) is 28.8. The van der Waals surface area contributed by atoms with Gasteiger partial charge in [0.25, 0.3) is 0 Å². The Bertz CT molecular complexity index is 1010. The van der Waals surface area contributed by atoms with Crippen LogP contribution in [-0.4, -0.2) is 67.9 Å². The third kappa shape index (κ3) is 10.8. The lowest BCUT2D eigenvalue weighted by molar-refractivity contribution is -0.129. The molecule has 0 spiro atoms. The van der Waals surface area contributed by atoms with Crippen LogP contribution in [0.2, 0.25) is 0 Å². The van der Waals surface area contributed by atoms with Crippen LogP contribution >= 0.6 is 0 Å². The molecule has 0 aromatic heterocycles. The molecule has 2 aromatic rings. The second-order valence-electron chi connectivity index (χ2n) is 9.17. The highest BCUT2D eigenvalue weighted by Crippen LogP contribution is 2.13. The van der Waals surface area contributed by atoms with Crippen molar-refractivity contribution in [1.82, 2.24) is 10.6 Å². The predicted octanol–water partition coefficient (Wildman–Crippen LogP) is 1.69. The minimum absolute atomic E-state index is 0.0841. The van der Waals surface area contributed by atoms with E-state index in [-0.39, 0.29) is 18.2 Å². The minimum Gasteiger partial charge on any atom is -0.497 e. The summed E-state index contributed by atoms with van der Waals surface area (Å²) in [6.07, 6.45) is -1.90. The third-order valence-electron chi connectivity index (χ3n) is 5.63. The van der Waals surface area contributed by atoms with E-state index in [0.29, 0.717) is 19.4 Å². The number of ether oxygens (including phenoxy) is 1. The third-order valence-corrected chi connectivity index (χ3v) is 7.31. The van der Waals surface area contributed by atoms with E-state index in [9.17, 15) is 23.4 Å². The smallest absolute Gasteiger partial charge is 0.250 e. The van der Waals surface area contributed by atoms with E-state index >= 15 is 0 Å². The van der Waals surface area contributed by atoms with Crippen molar-refractivity contribution in [3.63, 3.8) is 0 Å². The lowest BCUT2D eigenvalue weighted by atomic mass is 10.0.